The number of hydrogen-bond acceptors (Lipinski definition) is 4. The highest BCUT2D eigenvalue weighted by molar-refractivity contribution is 5.64. The van der Waals surface area contributed by atoms with Gasteiger partial charge in [-0.1, -0.05) is 31.2 Å². The summed E-state index contributed by atoms with van der Waals surface area (Å²) in [5.41, 5.74) is 2.48. The van der Waals surface area contributed by atoms with E-state index in [4.69, 9.17) is 4.84 Å². The van der Waals surface area contributed by atoms with Gasteiger partial charge in [0, 0.05) is 26.2 Å². The van der Waals surface area contributed by atoms with E-state index in [0.29, 0.717) is 13.0 Å². The number of nitrogens with zero attached hydrogens (tertiary/aromatic N) is 3. The number of hydroxylamine groups is 2. The molecule has 0 saturated carbocycles. The lowest BCUT2D eigenvalue weighted by Crippen LogP contribution is -2.52. The Morgan fingerprint density at radius 2 is 1.96 bits per heavy atom. The van der Waals surface area contributed by atoms with Gasteiger partial charge in [0.05, 0.1) is 18.7 Å². The van der Waals surface area contributed by atoms with Gasteiger partial charge in [0.15, 0.2) is 0 Å². The second-order valence-electron chi connectivity index (χ2n) is 6.41. The van der Waals surface area contributed by atoms with E-state index in [1.165, 1.54) is 16.2 Å². The van der Waals surface area contributed by atoms with E-state index in [9.17, 15) is 9.90 Å². The van der Waals surface area contributed by atoms with E-state index in [0.717, 1.165) is 32.7 Å². The van der Waals surface area contributed by atoms with Crippen molar-refractivity contribution < 1.29 is 14.7 Å². The van der Waals surface area contributed by atoms with Crippen molar-refractivity contribution in [2.45, 2.75) is 32.4 Å². The van der Waals surface area contributed by atoms with Gasteiger partial charge >= 0.3 is 6.09 Å². The molecule has 2 unspecified atom stereocenters. The van der Waals surface area contributed by atoms with Crippen LogP contribution in [0.5, 0.6) is 0 Å². The fraction of sp³-hybridized carbons (Fsp3) is 0.611. The number of carbonyl (C=O) groups is 1. The molecule has 1 N–H and O–H groups in total. The summed E-state index contributed by atoms with van der Waals surface area (Å²) in [5.74, 6) is 0. The van der Waals surface area contributed by atoms with Crippen molar-refractivity contribution in [1.82, 2.24) is 14.9 Å². The summed E-state index contributed by atoms with van der Waals surface area (Å²) in [6.07, 6.45) is -0.298. The van der Waals surface area contributed by atoms with Gasteiger partial charge in [-0.3, -0.25) is 9.74 Å². The van der Waals surface area contributed by atoms with Crippen LogP contribution in [0.1, 0.15) is 31.0 Å². The Hall–Kier alpha value is -1.63. The van der Waals surface area contributed by atoms with Gasteiger partial charge in [-0.15, -0.1) is 0 Å². The first kappa shape index (κ1) is 17.2. The number of rotatable bonds is 5. The third-order valence-electron chi connectivity index (χ3n) is 5.17. The topological polar surface area (TPSA) is 56.2 Å². The van der Waals surface area contributed by atoms with Crippen LogP contribution in [0.2, 0.25) is 0 Å². The third kappa shape index (κ3) is 3.27. The fourth-order valence-corrected chi connectivity index (χ4v) is 3.99. The lowest BCUT2D eigenvalue weighted by molar-refractivity contribution is -0.165. The second-order valence-corrected chi connectivity index (χ2v) is 6.41. The van der Waals surface area contributed by atoms with Crippen molar-refractivity contribution in [3.63, 3.8) is 0 Å². The molecule has 1 fully saturated rings. The Morgan fingerprint density at radius 1 is 1.25 bits per heavy atom. The molecule has 1 amide bonds. The number of benzene rings is 1. The highest BCUT2D eigenvalue weighted by atomic mass is 16.7. The van der Waals surface area contributed by atoms with Gasteiger partial charge in [0.25, 0.3) is 0 Å². The molecule has 24 heavy (non-hydrogen) atoms. The molecule has 2 atom stereocenters. The largest absolute Gasteiger partial charge is 0.463 e. The number of piperazine rings is 1. The van der Waals surface area contributed by atoms with Crippen LogP contribution in [0.15, 0.2) is 24.3 Å². The van der Waals surface area contributed by atoms with E-state index in [1.54, 1.807) is 0 Å². The lowest BCUT2D eigenvalue weighted by Gasteiger charge is -2.41. The van der Waals surface area contributed by atoms with Gasteiger partial charge in [-0.25, -0.2) is 4.79 Å². The molecule has 6 heteroatoms. The van der Waals surface area contributed by atoms with E-state index in [1.807, 2.05) is 19.1 Å². The summed E-state index contributed by atoms with van der Waals surface area (Å²) >= 11 is 0. The SMILES string of the molecule is CCON(C(=O)O)C1Cc2ccccc2C1N1CCN(CC)CC1. The smallest absolute Gasteiger partial charge is 0.431 e. The molecule has 132 valence electrons. The van der Waals surface area contributed by atoms with Crippen LogP contribution in [0, 0.1) is 0 Å². The second kappa shape index (κ2) is 7.51. The summed E-state index contributed by atoms with van der Waals surface area (Å²) in [6.45, 7) is 9.42. The summed E-state index contributed by atoms with van der Waals surface area (Å²) in [7, 11) is 0. The van der Waals surface area contributed by atoms with Crippen LogP contribution in [-0.2, 0) is 11.3 Å². The maximum absolute atomic E-state index is 11.7. The number of hydrogen-bond donors (Lipinski definition) is 1. The minimum absolute atomic E-state index is 0.0721. The Morgan fingerprint density at radius 3 is 2.58 bits per heavy atom. The maximum Gasteiger partial charge on any atom is 0.431 e. The van der Waals surface area contributed by atoms with Gasteiger partial charge < -0.3 is 10.0 Å². The van der Waals surface area contributed by atoms with Crippen molar-refractivity contribution in [3.8, 4) is 0 Å². The van der Waals surface area contributed by atoms with Gasteiger partial charge in [-0.05, 0) is 31.0 Å². The molecule has 1 saturated heterocycles. The molecule has 0 aromatic heterocycles. The number of amides is 1. The Labute approximate surface area is 143 Å². The molecule has 6 nitrogen and oxygen atoms in total. The molecule has 1 aromatic rings. The first-order valence-electron chi connectivity index (χ1n) is 8.85. The minimum Gasteiger partial charge on any atom is -0.463 e. The first-order chi connectivity index (χ1) is 11.7. The monoisotopic (exact) mass is 333 g/mol. The molecule has 0 spiro atoms. The number of carboxylic acid groups (broad SMARTS) is 1. The average molecular weight is 333 g/mol. The van der Waals surface area contributed by atoms with Crippen molar-refractivity contribution in [3.05, 3.63) is 35.4 Å². The highest BCUT2D eigenvalue weighted by Crippen LogP contribution is 2.39. The Balaban J connectivity index is 1.87. The first-order valence-corrected chi connectivity index (χ1v) is 8.85. The zero-order chi connectivity index (χ0) is 17.1. The highest BCUT2D eigenvalue weighted by Gasteiger charge is 2.43. The van der Waals surface area contributed by atoms with E-state index < -0.39 is 6.09 Å². The Bertz CT molecular complexity index is 572. The zero-order valence-corrected chi connectivity index (χ0v) is 14.5. The predicted octanol–water partition coefficient (Wildman–Crippen LogP) is 2.22. The molecule has 0 radical (unpaired) electrons. The molecule has 1 aliphatic heterocycles. The van der Waals surface area contributed by atoms with Gasteiger partial charge in [-0.2, -0.15) is 5.06 Å². The molecule has 2 aliphatic rings. The van der Waals surface area contributed by atoms with Crippen molar-refractivity contribution >= 4 is 6.09 Å². The molecule has 1 aliphatic carbocycles. The van der Waals surface area contributed by atoms with E-state index in [-0.39, 0.29) is 12.1 Å². The molecule has 1 heterocycles. The molecule has 0 bridgehead atoms. The van der Waals surface area contributed by atoms with Crippen LogP contribution >= 0.6 is 0 Å². The summed E-state index contributed by atoms with van der Waals surface area (Å²) in [5, 5.41) is 10.8. The summed E-state index contributed by atoms with van der Waals surface area (Å²) in [6, 6.07) is 8.20. The molecule has 1 aromatic carbocycles. The predicted molar refractivity (Wildman–Crippen MR) is 91.9 cm³/mol. The summed E-state index contributed by atoms with van der Waals surface area (Å²) < 4.78 is 0. The van der Waals surface area contributed by atoms with Crippen molar-refractivity contribution in [2.75, 3.05) is 39.3 Å². The van der Waals surface area contributed by atoms with Gasteiger partial charge in [0.1, 0.15) is 0 Å². The minimum atomic E-state index is -1.01. The summed E-state index contributed by atoms with van der Waals surface area (Å²) in [4.78, 5) is 22.1. The molecular formula is C18H27N3O3. The van der Waals surface area contributed by atoms with Crippen molar-refractivity contribution in [1.29, 1.82) is 0 Å². The average Bonchev–Trinajstić information content (AvgIpc) is 2.98. The number of fused-ring (bicyclic) bond motifs is 1. The van der Waals surface area contributed by atoms with Crippen LogP contribution in [-0.4, -0.2) is 71.4 Å². The van der Waals surface area contributed by atoms with Crippen LogP contribution in [0.4, 0.5) is 4.79 Å². The van der Waals surface area contributed by atoms with Crippen LogP contribution < -0.4 is 0 Å². The standard InChI is InChI=1S/C18H27N3O3/c1-3-19-9-11-20(12-10-19)17-15-8-6-5-7-14(15)13-16(17)21(18(22)23)24-4-2/h5-8,16-17H,3-4,9-13H2,1-2H3,(H,22,23). The quantitative estimate of drug-likeness (QED) is 0.838. The van der Waals surface area contributed by atoms with Crippen LogP contribution in [0.3, 0.4) is 0 Å². The number of likely N-dealkylation sites (N-methyl/N-ethyl adjacent to an activating group) is 1. The molecular weight excluding hydrogens is 306 g/mol. The van der Waals surface area contributed by atoms with E-state index in [2.05, 4.69) is 28.9 Å². The lowest BCUT2D eigenvalue weighted by atomic mass is 10.0. The van der Waals surface area contributed by atoms with Crippen LogP contribution in [0.25, 0.3) is 0 Å². The maximum atomic E-state index is 11.7. The fourth-order valence-electron chi connectivity index (χ4n) is 3.99. The third-order valence-corrected chi connectivity index (χ3v) is 5.17. The Kier molecular flexibility index (Phi) is 5.38. The zero-order valence-electron chi connectivity index (χ0n) is 14.5. The van der Waals surface area contributed by atoms with Gasteiger partial charge in [0.2, 0.25) is 0 Å². The molecule has 3 rings (SSSR count). The van der Waals surface area contributed by atoms with Crippen molar-refractivity contribution in [2.24, 2.45) is 0 Å². The van der Waals surface area contributed by atoms with E-state index >= 15 is 0 Å². The normalized spacial score (nSPS) is 24.8.